The Balaban J connectivity index is 0.000000174. The molecule has 0 amide bonds. The molecule has 0 spiro atoms. The summed E-state index contributed by atoms with van der Waals surface area (Å²) in [4.78, 5) is 25.5. The number of benzene rings is 6. The number of rotatable bonds is 12. The van der Waals surface area contributed by atoms with Crippen molar-refractivity contribution in [1.82, 2.24) is 29.9 Å². The molecule has 0 radical (unpaired) electrons. The van der Waals surface area contributed by atoms with E-state index >= 15 is 0 Å². The van der Waals surface area contributed by atoms with Gasteiger partial charge in [-0.2, -0.15) is 0 Å². The molecular formula is C45H36N6O6. The second kappa shape index (κ2) is 18.5. The normalized spacial score (nSPS) is 10.4. The number of aryl methyl sites for hydroxylation is 3. The van der Waals surface area contributed by atoms with Crippen molar-refractivity contribution in [3.05, 3.63) is 180 Å². The van der Waals surface area contributed by atoms with Gasteiger partial charge >= 0.3 is 36.1 Å². The first-order valence-electron chi connectivity index (χ1n) is 17.8. The zero-order valence-corrected chi connectivity index (χ0v) is 31.2. The maximum absolute atomic E-state index is 5.79. The van der Waals surface area contributed by atoms with Crippen LogP contribution in [0.25, 0.3) is 0 Å². The molecule has 0 saturated carbocycles. The standard InChI is InChI=1S/C23H19N3O3.C22H17N3O3/c1-16-8-12-19(13-9-16)28-22-24-21(27-18-6-4-3-5-7-18)25-23(26-22)29-20-14-10-17(2)11-15-20;1-16-12-14-19(15-13-16)28-22-24-20(26-17-8-4-2-5-9-17)23-21(25-22)27-18-10-6-3-7-11-18/h3-15H,1-2H3;2-15H,1H3. The summed E-state index contributed by atoms with van der Waals surface area (Å²) in [5.41, 5.74) is 3.39. The topological polar surface area (TPSA) is 133 Å². The number of ether oxygens (including phenoxy) is 6. The molecule has 12 nitrogen and oxygen atoms in total. The van der Waals surface area contributed by atoms with E-state index in [-0.39, 0.29) is 36.1 Å². The van der Waals surface area contributed by atoms with Crippen LogP contribution in [0.3, 0.4) is 0 Å². The molecule has 0 aliphatic rings. The van der Waals surface area contributed by atoms with Crippen LogP contribution in [0.15, 0.2) is 164 Å². The van der Waals surface area contributed by atoms with Gasteiger partial charge in [-0.05, 0) is 93.6 Å². The predicted octanol–water partition coefficient (Wildman–Crippen LogP) is 11.4. The molecule has 8 aromatic rings. The van der Waals surface area contributed by atoms with Crippen molar-refractivity contribution in [1.29, 1.82) is 0 Å². The fraction of sp³-hybridized carbons (Fsp3) is 0.0667. The first-order chi connectivity index (χ1) is 27.9. The third kappa shape index (κ3) is 11.6. The highest BCUT2D eigenvalue weighted by molar-refractivity contribution is 5.33. The average molecular weight is 757 g/mol. The van der Waals surface area contributed by atoms with Crippen LogP contribution in [0.5, 0.6) is 70.6 Å². The maximum atomic E-state index is 5.79. The highest BCUT2D eigenvalue weighted by Gasteiger charge is 2.14. The molecule has 6 aromatic carbocycles. The lowest BCUT2D eigenvalue weighted by atomic mass is 10.2. The van der Waals surface area contributed by atoms with E-state index in [9.17, 15) is 0 Å². The second-order valence-electron chi connectivity index (χ2n) is 12.4. The lowest BCUT2D eigenvalue weighted by Gasteiger charge is -2.10. The fourth-order valence-corrected chi connectivity index (χ4v) is 4.83. The minimum atomic E-state index is 0.0780. The van der Waals surface area contributed by atoms with Gasteiger partial charge in [-0.1, -0.05) is 108 Å². The molecule has 2 heterocycles. The van der Waals surface area contributed by atoms with E-state index in [4.69, 9.17) is 28.4 Å². The summed E-state index contributed by atoms with van der Waals surface area (Å²) >= 11 is 0. The molecule has 0 N–H and O–H groups in total. The Hall–Kier alpha value is -7.86. The molecule has 282 valence electrons. The summed E-state index contributed by atoms with van der Waals surface area (Å²) in [6.45, 7) is 6.02. The van der Waals surface area contributed by atoms with Gasteiger partial charge in [-0.3, -0.25) is 0 Å². The lowest BCUT2D eigenvalue weighted by Crippen LogP contribution is -2.01. The Morgan fingerprint density at radius 2 is 0.404 bits per heavy atom. The first kappa shape index (κ1) is 37.5. The van der Waals surface area contributed by atoms with Crippen molar-refractivity contribution in [2.24, 2.45) is 0 Å². The van der Waals surface area contributed by atoms with Gasteiger partial charge in [0.25, 0.3) is 0 Å². The van der Waals surface area contributed by atoms with Gasteiger partial charge in [0, 0.05) is 0 Å². The minimum Gasteiger partial charge on any atom is -0.424 e. The van der Waals surface area contributed by atoms with Crippen LogP contribution in [0.2, 0.25) is 0 Å². The quantitative estimate of drug-likeness (QED) is 0.117. The van der Waals surface area contributed by atoms with Crippen LogP contribution >= 0.6 is 0 Å². The van der Waals surface area contributed by atoms with Crippen LogP contribution in [0, 0.1) is 20.8 Å². The molecule has 0 atom stereocenters. The predicted molar refractivity (Wildman–Crippen MR) is 213 cm³/mol. The number of para-hydroxylation sites is 3. The van der Waals surface area contributed by atoms with Crippen LogP contribution in [0.1, 0.15) is 16.7 Å². The van der Waals surface area contributed by atoms with Crippen molar-refractivity contribution in [2.75, 3.05) is 0 Å². The third-order valence-corrected chi connectivity index (χ3v) is 7.70. The van der Waals surface area contributed by atoms with E-state index in [0.29, 0.717) is 34.5 Å². The SMILES string of the molecule is Cc1ccc(Oc2nc(Oc3ccccc3)nc(Oc3ccc(C)cc3)n2)cc1.Cc1ccc(Oc2nc(Oc3ccccc3)nc(Oc3ccccc3)n2)cc1. The third-order valence-electron chi connectivity index (χ3n) is 7.70. The average Bonchev–Trinajstić information content (AvgIpc) is 3.22. The largest absolute Gasteiger partial charge is 0.424 e. The molecule has 0 unspecified atom stereocenters. The van der Waals surface area contributed by atoms with E-state index in [0.717, 1.165) is 16.7 Å². The van der Waals surface area contributed by atoms with Gasteiger partial charge in [0.1, 0.15) is 34.5 Å². The molecule has 12 heteroatoms. The summed E-state index contributed by atoms with van der Waals surface area (Å²) < 4.78 is 34.6. The lowest BCUT2D eigenvalue weighted by molar-refractivity contribution is 0.361. The molecular weight excluding hydrogens is 721 g/mol. The summed E-state index contributed by atoms with van der Waals surface area (Å²) in [6, 6.07) is 50.9. The van der Waals surface area contributed by atoms with Crippen molar-refractivity contribution < 1.29 is 28.4 Å². The van der Waals surface area contributed by atoms with Crippen molar-refractivity contribution >= 4 is 0 Å². The minimum absolute atomic E-state index is 0.0780. The molecule has 8 rings (SSSR count). The zero-order valence-electron chi connectivity index (χ0n) is 31.2. The summed E-state index contributed by atoms with van der Waals surface area (Å²) in [5.74, 6) is 3.61. The van der Waals surface area contributed by atoms with Gasteiger partial charge in [0.2, 0.25) is 0 Å². The van der Waals surface area contributed by atoms with E-state index < -0.39 is 0 Å². The molecule has 2 aromatic heterocycles. The van der Waals surface area contributed by atoms with Gasteiger partial charge in [-0.15, -0.1) is 29.9 Å². The Bertz CT molecular complexity index is 2350. The van der Waals surface area contributed by atoms with E-state index in [2.05, 4.69) is 29.9 Å². The number of nitrogens with zero attached hydrogens (tertiary/aromatic N) is 6. The highest BCUT2D eigenvalue weighted by atomic mass is 16.5. The van der Waals surface area contributed by atoms with Crippen LogP contribution in [0.4, 0.5) is 0 Å². The van der Waals surface area contributed by atoms with E-state index in [1.807, 2.05) is 185 Å². The van der Waals surface area contributed by atoms with Crippen molar-refractivity contribution in [2.45, 2.75) is 20.8 Å². The zero-order chi connectivity index (χ0) is 39.2. The smallest absolute Gasteiger partial charge is 0.331 e. The van der Waals surface area contributed by atoms with Crippen molar-refractivity contribution in [3.8, 4) is 70.6 Å². The highest BCUT2D eigenvalue weighted by Crippen LogP contribution is 2.29. The second-order valence-corrected chi connectivity index (χ2v) is 12.4. The van der Waals surface area contributed by atoms with Crippen LogP contribution in [-0.2, 0) is 0 Å². The molecule has 0 aliphatic heterocycles. The van der Waals surface area contributed by atoms with Gasteiger partial charge in [-0.25, -0.2) is 0 Å². The van der Waals surface area contributed by atoms with Crippen LogP contribution in [-0.4, -0.2) is 29.9 Å². The van der Waals surface area contributed by atoms with Gasteiger partial charge in [0.05, 0.1) is 0 Å². The Morgan fingerprint density at radius 1 is 0.228 bits per heavy atom. The van der Waals surface area contributed by atoms with Gasteiger partial charge in [0.15, 0.2) is 0 Å². The maximum Gasteiger partial charge on any atom is 0.331 e. The molecule has 0 aliphatic carbocycles. The monoisotopic (exact) mass is 756 g/mol. The van der Waals surface area contributed by atoms with Crippen LogP contribution < -0.4 is 28.4 Å². The summed E-state index contributed by atoms with van der Waals surface area (Å²) in [5, 5.41) is 0. The molecule has 57 heavy (non-hydrogen) atoms. The van der Waals surface area contributed by atoms with E-state index in [1.165, 1.54) is 0 Å². The summed E-state index contributed by atoms with van der Waals surface area (Å²) in [6.07, 6.45) is 0. The van der Waals surface area contributed by atoms with E-state index in [1.54, 1.807) is 0 Å². The van der Waals surface area contributed by atoms with Gasteiger partial charge < -0.3 is 28.4 Å². The molecule has 0 saturated heterocycles. The molecule has 0 bridgehead atoms. The first-order valence-corrected chi connectivity index (χ1v) is 17.8. The fourth-order valence-electron chi connectivity index (χ4n) is 4.83. The Kier molecular flexibility index (Phi) is 12.1. The Morgan fingerprint density at radius 3 is 0.596 bits per heavy atom. The van der Waals surface area contributed by atoms with Crippen molar-refractivity contribution in [3.63, 3.8) is 0 Å². The number of hydrogen-bond donors (Lipinski definition) is 0. The number of hydrogen-bond acceptors (Lipinski definition) is 12. The molecule has 0 fully saturated rings. The summed E-state index contributed by atoms with van der Waals surface area (Å²) in [7, 11) is 0. The number of aromatic nitrogens is 6. The Labute approximate surface area is 329 Å².